The van der Waals surface area contributed by atoms with Crippen LogP contribution in [0.25, 0.3) is 0 Å². The zero-order valence-corrected chi connectivity index (χ0v) is 23.8. The van der Waals surface area contributed by atoms with Crippen molar-refractivity contribution in [3.8, 4) is 5.75 Å². The summed E-state index contributed by atoms with van der Waals surface area (Å²) < 4.78 is 34.3. The van der Waals surface area contributed by atoms with Gasteiger partial charge in [-0.1, -0.05) is 48.0 Å². The summed E-state index contributed by atoms with van der Waals surface area (Å²) in [5, 5.41) is 2.76. The lowest BCUT2D eigenvalue weighted by molar-refractivity contribution is -0.138. The van der Waals surface area contributed by atoms with E-state index in [1.54, 1.807) is 43.3 Å². The molecule has 0 aromatic heterocycles. The molecule has 208 valence electrons. The average molecular weight is 552 g/mol. The van der Waals surface area contributed by atoms with Crippen LogP contribution in [0.3, 0.4) is 0 Å². The Morgan fingerprint density at radius 3 is 2.15 bits per heavy atom. The summed E-state index contributed by atoms with van der Waals surface area (Å²) >= 11 is 0. The number of aryl methyl sites for hydroxylation is 1. The number of carbonyl (C=O) groups is 2. The van der Waals surface area contributed by atoms with Crippen LogP contribution in [0.1, 0.15) is 31.9 Å². The van der Waals surface area contributed by atoms with Crippen LogP contribution in [0.4, 0.5) is 5.69 Å². The number of likely N-dealkylation sites (N-methyl/N-ethyl adjacent to an activating group) is 1. The van der Waals surface area contributed by atoms with Crippen molar-refractivity contribution in [3.63, 3.8) is 0 Å². The Labute approximate surface area is 231 Å². The molecule has 8 nitrogen and oxygen atoms in total. The third-order valence-corrected chi connectivity index (χ3v) is 8.11. The molecule has 9 heteroatoms. The molecule has 0 unspecified atom stereocenters. The lowest BCUT2D eigenvalue weighted by Gasteiger charge is -2.32. The Morgan fingerprint density at radius 1 is 0.923 bits per heavy atom. The van der Waals surface area contributed by atoms with Gasteiger partial charge >= 0.3 is 0 Å². The number of amides is 2. The molecule has 0 aliphatic carbocycles. The molecule has 0 bridgehead atoms. The first-order valence-corrected chi connectivity index (χ1v) is 14.5. The Morgan fingerprint density at radius 2 is 1.56 bits per heavy atom. The third-order valence-electron chi connectivity index (χ3n) is 6.33. The van der Waals surface area contributed by atoms with Gasteiger partial charge in [0.15, 0.2) is 0 Å². The Balaban J connectivity index is 1.97. The van der Waals surface area contributed by atoms with Crippen molar-refractivity contribution in [2.45, 2.75) is 45.1 Å². The van der Waals surface area contributed by atoms with Crippen LogP contribution in [0.2, 0.25) is 0 Å². The van der Waals surface area contributed by atoms with Gasteiger partial charge in [-0.3, -0.25) is 13.9 Å². The third kappa shape index (κ3) is 7.83. The van der Waals surface area contributed by atoms with Gasteiger partial charge in [0.05, 0.1) is 17.2 Å². The molecule has 0 saturated heterocycles. The van der Waals surface area contributed by atoms with Gasteiger partial charge in [-0.2, -0.15) is 0 Å². The standard InChI is InChI=1S/C30H37N3O5S/c1-5-31-30(35)24(4)32(21-20-25-10-8-7-9-11-25)29(34)22-33(26-14-16-27(17-15-26)38-6-2)39(36,37)28-18-12-23(3)13-19-28/h7-19,24H,5-6,20-22H2,1-4H3,(H,31,35)/t24-/m1/s1. The number of nitrogens with zero attached hydrogens (tertiary/aromatic N) is 2. The maximum absolute atomic E-state index is 13.8. The van der Waals surface area contributed by atoms with Gasteiger partial charge in [0.1, 0.15) is 18.3 Å². The molecule has 3 rings (SSSR count). The van der Waals surface area contributed by atoms with Crippen molar-refractivity contribution in [2.75, 3.05) is 30.5 Å². The van der Waals surface area contributed by atoms with E-state index in [0.29, 0.717) is 31.0 Å². The molecule has 39 heavy (non-hydrogen) atoms. The van der Waals surface area contributed by atoms with E-state index >= 15 is 0 Å². The summed E-state index contributed by atoms with van der Waals surface area (Å²) in [6.45, 7) is 7.87. The zero-order valence-electron chi connectivity index (χ0n) is 23.0. The molecule has 2 amide bonds. The number of benzene rings is 3. The summed E-state index contributed by atoms with van der Waals surface area (Å²) in [7, 11) is -4.10. The highest BCUT2D eigenvalue weighted by Crippen LogP contribution is 2.26. The van der Waals surface area contributed by atoms with Gasteiger partial charge in [0, 0.05) is 13.1 Å². The second-order valence-corrected chi connectivity index (χ2v) is 11.0. The predicted octanol–water partition coefficient (Wildman–Crippen LogP) is 4.18. The molecular formula is C30H37N3O5S. The summed E-state index contributed by atoms with van der Waals surface area (Å²) in [6.07, 6.45) is 0.518. The molecular weight excluding hydrogens is 514 g/mol. The van der Waals surface area contributed by atoms with E-state index in [-0.39, 0.29) is 17.3 Å². The molecule has 0 heterocycles. The van der Waals surface area contributed by atoms with Gasteiger partial charge < -0.3 is 15.0 Å². The number of hydrogen-bond donors (Lipinski definition) is 1. The normalized spacial score (nSPS) is 11.9. The number of sulfonamides is 1. The summed E-state index contributed by atoms with van der Waals surface area (Å²) in [6, 6.07) is 21.9. The monoisotopic (exact) mass is 551 g/mol. The SMILES string of the molecule is CCNC(=O)[C@@H](C)N(CCc1ccccc1)C(=O)CN(c1ccc(OCC)cc1)S(=O)(=O)c1ccc(C)cc1. The maximum Gasteiger partial charge on any atom is 0.264 e. The van der Waals surface area contributed by atoms with Gasteiger partial charge in [0.2, 0.25) is 11.8 Å². The van der Waals surface area contributed by atoms with E-state index in [4.69, 9.17) is 4.74 Å². The van der Waals surface area contributed by atoms with E-state index in [9.17, 15) is 18.0 Å². The Hall–Kier alpha value is -3.85. The van der Waals surface area contributed by atoms with Gasteiger partial charge in [-0.15, -0.1) is 0 Å². The molecule has 0 spiro atoms. The second-order valence-electron chi connectivity index (χ2n) is 9.14. The molecule has 3 aromatic carbocycles. The fraction of sp³-hybridized carbons (Fsp3) is 0.333. The van der Waals surface area contributed by atoms with E-state index in [1.165, 1.54) is 17.0 Å². The molecule has 0 fully saturated rings. The Kier molecular flexibility index (Phi) is 10.5. The van der Waals surface area contributed by atoms with Crippen molar-refractivity contribution in [1.82, 2.24) is 10.2 Å². The van der Waals surface area contributed by atoms with Crippen LogP contribution in [0, 0.1) is 6.92 Å². The van der Waals surface area contributed by atoms with Crippen molar-refractivity contribution in [1.29, 1.82) is 0 Å². The molecule has 0 aliphatic heterocycles. The van der Waals surface area contributed by atoms with Crippen LogP contribution < -0.4 is 14.4 Å². The zero-order chi connectivity index (χ0) is 28.4. The van der Waals surface area contributed by atoms with Crippen molar-refractivity contribution >= 4 is 27.5 Å². The number of carbonyl (C=O) groups excluding carboxylic acids is 2. The quantitative estimate of drug-likeness (QED) is 0.344. The summed E-state index contributed by atoms with van der Waals surface area (Å²) in [5.74, 6) is -0.184. The van der Waals surface area contributed by atoms with Crippen molar-refractivity contribution in [2.24, 2.45) is 0 Å². The summed E-state index contributed by atoms with van der Waals surface area (Å²) in [5.41, 5.74) is 2.25. The molecule has 1 N–H and O–H groups in total. The van der Waals surface area contributed by atoms with E-state index in [1.807, 2.05) is 51.1 Å². The fourth-order valence-electron chi connectivity index (χ4n) is 4.13. The lowest BCUT2D eigenvalue weighted by Crippen LogP contribution is -2.52. The van der Waals surface area contributed by atoms with Crippen LogP contribution in [0.15, 0.2) is 83.8 Å². The maximum atomic E-state index is 13.8. The smallest absolute Gasteiger partial charge is 0.264 e. The largest absolute Gasteiger partial charge is 0.494 e. The first-order chi connectivity index (χ1) is 18.7. The second kappa shape index (κ2) is 13.8. The predicted molar refractivity (Wildman–Crippen MR) is 153 cm³/mol. The number of anilines is 1. The van der Waals surface area contributed by atoms with Gasteiger partial charge in [-0.05, 0) is 76.1 Å². The topological polar surface area (TPSA) is 96.0 Å². The van der Waals surface area contributed by atoms with Crippen LogP contribution in [-0.4, -0.2) is 57.4 Å². The Bertz CT molecular complexity index is 1330. The first-order valence-electron chi connectivity index (χ1n) is 13.1. The number of rotatable bonds is 13. The molecule has 0 saturated carbocycles. The highest BCUT2D eigenvalue weighted by Gasteiger charge is 2.32. The first kappa shape index (κ1) is 29.7. The number of ether oxygens (including phenoxy) is 1. The highest BCUT2D eigenvalue weighted by atomic mass is 32.2. The minimum atomic E-state index is -4.10. The van der Waals surface area contributed by atoms with Gasteiger partial charge in [0.25, 0.3) is 10.0 Å². The van der Waals surface area contributed by atoms with Crippen molar-refractivity contribution < 1.29 is 22.7 Å². The van der Waals surface area contributed by atoms with Gasteiger partial charge in [-0.25, -0.2) is 8.42 Å². The van der Waals surface area contributed by atoms with Crippen molar-refractivity contribution in [3.05, 3.63) is 90.0 Å². The van der Waals surface area contributed by atoms with E-state index < -0.39 is 28.5 Å². The minimum Gasteiger partial charge on any atom is -0.494 e. The van der Waals surface area contributed by atoms with Crippen LogP contribution in [0.5, 0.6) is 5.75 Å². The summed E-state index contributed by atoms with van der Waals surface area (Å²) in [4.78, 5) is 28.1. The lowest BCUT2D eigenvalue weighted by atomic mass is 10.1. The molecule has 1 atom stereocenters. The van der Waals surface area contributed by atoms with Crippen LogP contribution >= 0.6 is 0 Å². The average Bonchev–Trinajstić information content (AvgIpc) is 2.93. The number of hydrogen-bond acceptors (Lipinski definition) is 5. The molecule has 0 radical (unpaired) electrons. The van der Waals surface area contributed by atoms with E-state index in [0.717, 1.165) is 15.4 Å². The molecule has 0 aliphatic rings. The fourth-order valence-corrected chi connectivity index (χ4v) is 5.55. The number of nitrogens with one attached hydrogen (secondary N) is 1. The molecule has 3 aromatic rings. The van der Waals surface area contributed by atoms with E-state index in [2.05, 4.69) is 5.32 Å². The van der Waals surface area contributed by atoms with Crippen LogP contribution in [-0.2, 0) is 26.0 Å². The highest BCUT2D eigenvalue weighted by molar-refractivity contribution is 7.92. The minimum absolute atomic E-state index is 0.0717.